The largest absolute Gasteiger partial charge is 0.396 e. The molecule has 0 atom stereocenters. The Morgan fingerprint density at radius 1 is 1.50 bits per heavy atom. The molecule has 16 heavy (non-hydrogen) atoms. The van der Waals surface area contributed by atoms with Crippen molar-refractivity contribution in [2.45, 2.75) is 39.0 Å². The number of nitrogens with zero attached hydrogens (tertiary/aromatic N) is 1. The molecule has 4 heteroatoms. The number of aliphatic hydroxyl groups excluding tert-OH is 1. The molecule has 0 aromatic carbocycles. The van der Waals surface area contributed by atoms with Crippen molar-refractivity contribution in [2.24, 2.45) is 11.3 Å². The van der Waals surface area contributed by atoms with E-state index >= 15 is 0 Å². The van der Waals surface area contributed by atoms with Gasteiger partial charge < -0.3 is 10.4 Å². The average Bonchev–Trinajstić information content (AvgIpc) is 2.24. The molecular formula is C12H20N2O2. The van der Waals surface area contributed by atoms with Crippen LogP contribution in [-0.4, -0.2) is 24.2 Å². The molecule has 0 spiro atoms. The second-order valence-corrected chi connectivity index (χ2v) is 4.75. The molecule has 1 amide bonds. The van der Waals surface area contributed by atoms with Crippen molar-refractivity contribution in [3.63, 3.8) is 0 Å². The maximum Gasteiger partial charge on any atom is 0.240 e. The van der Waals surface area contributed by atoms with Crippen LogP contribution in [0.5, 0.6) is 0 Å². The lowest BCUT2D eigenvalue weighted by Crippen LogP contribution is -2.48. The molecule has 2 N–H and O–H groups in total. The number of unbranched alkanes of at least 4 members (excludes halogenated alkanes) is 2. The number of nitrogens with one attached hydrogen (secondary N) is 1. The monoisotopic (exact) mass is 224 g/mol. The smallest absolute Gasteiger partial charge is 0.240 e. The number of amides is 1. The summed E-state index contributed by atoms with van der Waals surface area (Å²) < 4.78 is 0. The lowest BCUT2D eigenvalue weighted by Gasteiger charge is -2.39. The van der Waals surface area contributed by atoms with Gasteiger partial charge in [-0.15, -0.1) is 0 Å². The fourth-order valence-electron chi connectivity index (χ4n) is 2.24. The third-order valence-corrected chi connectivity index (χ3v) is 3.16. The minimum atomic E-state index is -0.754. The summed E-state index contributed by atoms with van der Waals surface area (Å²) in [6.45, 7) is 2.87. The van der Waals surface area contributed by atoms with Crippen molar-refractivity contribution < 1.29 is 9.90 Å². The van der Waals surface area contributed by atoms with Gasteiger partial charge in [-0.2, -0.15) is 5.26 Å². The van der Waals surface area contributed by atoms with E-state index < -0.39 is 5.41 Å². The normalized spacial score (nSPS) is 27.9. The summed E-state index contributed by atoms with van der Waals surface area (Å²) in [6, 6.07) is 2.15. The third-order valence-electron chi connectivity index (χ3n) is 3.16. The Balaban J connectivity index is 2.22. The number of nitriles is 1. The highest BCUT2D eigenvalue weighted by Crippen LogP contribution is 2.44. The van der Waals surface area contributed by atoms with Gasteiger partial charge in [-0.05, 0) is 38.0 Å². The van der Waals surface area contributed by atoms with Crippen molar-refractivity contribution in [3.8, 4) is 6.07 Å². The van der Waals surface area contributed by atoms with E-state index in [0.717, 1.165) is 19.3 Å². The predicted molar refractivity (Wildman–Crippen MR) is 60.4 cm³/mol. The van der Waals surface area contributed by atoms with Crippen LogP contribution in [0.25, 0.3) is 0 Å². The predicted octanol–water partition coefficient (Wildman–Crippen LogP) is 1.21. The van der Waals surface area contributed by atoms with E-state index in [1.165, 1.54) is 0 Å². The van der Waals surface area contributed by atoms with Crippen LogP contribution in [0.15, 0.2) is 0 Å². The molecule has 1 fully saturated rings. The van der Waals surface area contributed by atoms with Gasteiger partial charge in [0.2, 0.25) is 5.91 Å². The second-order valence-electron chi connectivity index (χ2n) is 4.75. The highest BCUT2D eigenvalue weighted by Gasteiger charge is 2.48. The summed E-state index contributed by atoms with van der Waals surface area (Å²) in [6.07, 6.45) is 3.92. The number of hydrogen-bond donors (Lipinski definition) is 2. The molecule has 0 saturated heterocycles. The number of rotatable bonds is 6. The molecule has 0 bridgehead atoms. The highest BCUT2D eigenvalue weighted by molar-refractivity contribution is 5.86. The summed E-state index contributed by atoms with van der Waals surface area (Å²) in [5.41, 5.74) is -0.754. The Morgan fingerprint density at radius 3 is 2.69 bits per heavy atom. The van der Waals surface area contributed by atoms with E-state index in [1.807, 2.05) is 0 Å². The summed E-state index contributed by atoms with van der Waals surface area (Å²) in [5, 5.41) is 20.4. The van der Waals surface area contributed by atoms with Crippen LogP contribution in [0.3, 0.4) is 0 Å². The first kappa shape index (κ1) is 13.0. The average molecular weight is 224 g/mol. The van der Waals surface area contributed by atoms with Crippen LogP contribution in [0.2, 0.25) is 0 Å². The molecule has 1 rings (SSSR count). The third kappa shape index (κ3) is 2.96. The van der Waals surface area contributed by atoms with Crippen LogP contribution in [0.1, 0.15) is 39.0 Å². The van der Waals surface area contributed by atoms with Crippen LogP contribution < -0.4 is 5.32 Å². The van der Waals surface area contributed by atoms with Crippen molar-refractivity contribution in [1.29, 1.82) is 5.26 Å². The summed E-state index contributed by atoms with van der Waals surface area (Å²) in [7, 11) is 0. The summed E-state index contributed by atoms with van der Waals surface area (Å²) >= 11 is 0. The Labute approximate surface area is 96.6 Å². The van der Waals surface area contributed by atoms with Gasteiger partial charge in [0.15, 0.2) is 0 Å². The lowest BCUT2D eigenvalue weighted by atomic mass is 9.63. The van der Waals surface area contributed by atoms with Gasteiger partial charge in [0, 0.05) is 13.2 Å². The summed E-state index contributed by atoms with van der Waals surface area (Å²) in [4.78, 5) is 11.8. The van der Waals surface area contributed by atoms with Gasteiger partial charge in [0.05, 0.1) is 6.07 Å². The first-order chi connectivity index (χ1) is 7.64. The quantitative estimate of drug-likeness (QED) is 0.666. The Hall–Kier alpha value is -1.08. The minimum Gasteiger partial charge on any atom is -0.396 e. The van der Waals surface area contributed by atoms with Crippen LogP contribution in [0, 0.1) is 22.7 Å². The van der Waals surface area contributed by atoms with Gasteiger partial charge in [-0.1, -0.05) is 6.92 Å². The van der Waals surface area contributed by atoms with Gasteiger partial charge in [0.1, 0.15) is 5.41 Å². The maximum absolute atomic E-state index is 11.8. The zero-order chi connectivity index (χ0) is 12.0. The first-order valence-corrected chi connectivity index (χ1v) is 5.95. The van der Waals surface area contributed by atoms with E-state index in [9.17, 15) is 4.79 Å². The Bertz CT molecular complexity index is 277. The van der Waals surface area contributed by atoms with Crippen molar-refractivity contribution in [2.75, 3.05) is 13.2 Å². The molecule has 1 aliphatic rings. The fraction of sp³-hybridized carbons (Fsp3) is 0.833. The van der Waals surface area contributed by atoms with Crippen molar-refractivity contribution >= 4 is 5.91 Å². The minimum absolute atomic E-state index is 0.114. The molecular weight excluding hydrogens is 204 g/mol. The molecule has 1 aliphatic carbocycles. The van der Waals surface area contributed by atoms with E-state index in [1.54, 1.807) is 0 Å². The zero-order valence-corrected chi connectivity index (χ0v) is 9.83. The van der Waals surface area contributed by atoms with Gasteiger partial charge >= 0.3 is 0 Å². The van der Waals surface area contributed by atoms with Gasteiger partial charge in [-0.25, -0.2) is 0 Å². The van der Waals surface area contributed by atoms with Crippen LogP contribution in [0.4, 0.5) is 0 Å². The Kier molecular flexibility index (Phi) is 4.75. The molecule has 0 aromatic rings. The van der Waals surface area contributed by atoms with Crippen LogP contribution in [-0.2, 0) is 4.79 Å². The first-order valence-electron chi connectivity index (χ1n) is 5.95. The second kappa shape index (κ2) is 5.86. The molecule has 0 aliphatic heterocycles. The fourth-order valence-corrected chi connectivity index (χ4v) is 2.24. The Morgan fingerprint density at radius 2 is 2.19 bits per heavy atom. The molecule has 1 saturated carbocycles. The molecule has 0 heterocycles. The van der Waals surface area contributed by atoms with E-state index in [0.29, 0.717) is 25.3 Å². The molecule has 0 aromatic heterocycles. The van der Waals surface area contributed by atoms with Crippen molar-refractivity contribution in [1.82, 2.24) is 5.32 Å². The van der Waals surface area contributed by atoms with Crippen molar-refractivity contribution in [3.05, 3.63) is 0 Å². The van der Waals surface area contributed by atoms with Gasteiger partial charge in [-0.3, -0.25) is 4.79 Å². The lowest BCUT2D eigenvalue weighted by molar-refractivity contribution is -0.133. The van der Waals surface area contributed by atoms with Gasteiger partial charge in [0.25, 0.3) is 0 Å². The topological polar surface area (TPSA) is 73.1 Å². The molecule has 90 valence electrons. The summed E-state index contributed by atoms with van der Waals surface area (Å²) in [5.74, 6) is 0.372. The van der Waals surface area contributed by atoms with E-state index in [4.69, 9.17) is 10.4 Å². The molecule has 0 unspecified atom stereocenters. The maximum atomic E-state index is 11.8. The highest BCUT2D eigenvalue weighted by atomic mass is 16.2. The van der Waals surface area contributed by atoms with E-state index in [-0.39, 0.29) is 12.5 Å². The molecule has 0 radical (unpaired) electrons. The number of carbonyl (C=O) groups is 1. The zero-order valence-electron chi connectivity index (χ0n) is 9.83. The number of aliphatic hydroxyl groups is 1. The SMILES string of the molecule is CC1CC(C#N)(C(=O)NCCCCCO)C1. The van der Waals surface area contributed by atoms with E-state index in [2.05, 4.69) is 18.3 Å². The number of hydrogen-bond acceptors (Lipinski definition) is 3. The number of carbonyl (C=O) groups excluding carboxylic acids is 1. The molecule has 4 nitrogen and oxygen atoms in total. The standard InChI is InChI=1S/C12H20N2O2/c1-10-7-12(8-10,9-13)11(16)14-5-3-2-4-6-15/h10,15H,2-8H2,1H3,(H,14,16). The van der Waals surface area contributed by atoms with Crippen LogP contribution >= 0.6 is 0 Å².